The number of nitrogens with zero attached hydrogens (tertiary/aromatic N) is 2. The first-order chi connectivity index (χ1) is 9.61. The van der Waals surface area contributed by atoms with E-state index in [0.717, 1.165) is 9.87 Å². The summed E-state index contributed by atoms with van der Waals surface area (Å²) in [5.74, 6) is -0.265. The van der Waals surface area contributed by atoms with E-state index in [1.165, 1.54) is 11.0 Å². The summed E-state index contributed by atoms with van der Waals surface area (Å²) in [4.78, 5) is 13.3. The summed E-state index contributed by atoms with van der Waals surface area (Å²) in [7, 11) is -0.558. The van der Waals surface area contributed by atoms with Crippen molar-refractivity contribution in [1.82, 2.24) is 9.21 Å². The van der Waals surface area contributed by atoms with Gasteiger partial charge >= 0.3 is 0 Å². The minimum Gasteiger partial charge on any atom is -0.399 e. The Bertz CT molecular complexity index is 639. The molecule has 1 amide bonds. The summed E-state index contributed by atoms with van der Waals surface area (Å²) >= 11 is 0. The van der Waals surface area contributed by atoms with Crippen molar-refractivity contribution in [2.45, 2.75) is 25.7 Å². The monoisotopic (exact) mass is 313 g/mol. The Balaban J connectivity index is 3.29. The summed E-state index contributed by atoms with van der Waals surface area (Å²) in [5, 5.41) is 0. The molecule has 0 aliphatic rings. The fourth-order valence-electron chi connectivity index (χ4n) is 1.92. The van der Waals surface area contributed by atoms with Gasteiger partial charge in [0.1, 0.15) is 0 Å². The number of likely N-dealkylation sites (N-methyl/N-ethyl adjacent to an activating group) is 2. The van der Waals surface area contributed by atoms with Crippen molar-refractivity contribution < 1.29 is 13.2 Å². The van der Waals surface area contributed by atoms with Gasteiger partial charge in [-0.1, -0.05) is 6.92 Å². The Morgan fingerprint density at radius 2 is 1.81 bits per heavy atom. The standard InChI is InChI=1S/C14H23N3O3S/c1-6-17(9-14(18)16(4)5)21(19,20)13-8-12(15)7-10(2)11(13)3/h7-8H,6,9,15H2,1-5H3. The van der Waals surface area contributed by atoms with Crippen LogP contribution in [-0.2, 0) is 14.8 Å². The van der Waals surface area contributed by atoms with Gasteiger partial charge in [0.15, 0.2) is 0 Å². The molecule has 0 aliphatic heterocycles. The Labute approximate surface area is 126 Å². The van der Waals surface area contributed by atoms with Crippen LogP contribution in [0.15, 0.2) is 17.0 Å². The number of nitrogen functional groups attached to an aromatic ring is 1. The van der Waals surface area contributed by atoms with Gasteiger partial charge in [0, 0.05) is 26.3 Å². The molecule has 21 heavy (non-hydrogen) atoms. The van der Waals surface area contributed by atoms with Crippen molar-refractivity contribution in [2.24, 2.45) is 0 Å². The number of nitrogens with two attached hydrogens (primary N) is 1. The van der Waals surface area contributed by atoms with Crippen LogP contribution < -0.4 is 5.73 Å². The molecule has 0 atom stereocenters. The van der Waals surface area contributed by atoms with E-state index in [9.17, 15) is 13.2 Å². The van der Waals surface area contributed by atoms with Gasteiger partial charge < -0.3 is 10.6 Å². The lowest BCUT2D eigenvalue weighted by atomic mass is 10.1. The van der Waals surface area contributed by atoms with E-state index in [-0.39, 0.29) is 23.9 Å². The lowest BCUT2D eigenvalue weighted by Crippen LogP contribution is -2.40. The van der Waals surface area contributed by atoms with Crippen molar-refractivity contribution >= 4 is 21.6 Å². The minimum atomic E-state index is -3.75. The highest BCUT2D eigenvalue weighted by atomic mass is 32.2. The maximum atomic E-state index is 12.7. The molecule has 0 heterocycles. The first-order valence-electron chi connectivity index (χ1n) is 6.68. The molecule has 1 aromatic rings. The van der Waals surface area contributed by atoms with Crippen LogP contribution in [0.2, 0.25) is 0 Å². The zero-order valence-corrected chi connectivity index (χ0v) is 14.0. The number of carbonyl (C=O) groups is 1. The van der Waals surface area contributed by atoms with E-state index in [1.807, 2.05) is 6.92 Å². The van der Waals surface area contributed by atoms with E-state index in [1.54, 1.807) is 34.0 Å². The van der Waals surface area contributed by atoms with Crippen LogP contribution in [0.3, 0.4) is 0 Å². The third kappa shape index (κ3) is 3.74. The zero-order chi connectivity index (χ0) is 16.4. The summed E-state index contributed by atoms with van der Waals surface area (Å²) < 4.78 is 26.7. The molecule has 0 aliphatic carbocycles. The molecular formula is C14H23N3O3S. The molecule has 0 unspecified atom stereocenters. The lowest BCUT2D eigenvalue weighted by molar-refractivity contribution is -0.128. The Hall–Kier alpha value is -1.60. The quantitative estimate of drug-likeness (QED) is 0.822. The van der Waals surface area contributed by atoms with E-state index in [2.05, 4.69) is 0 Å². The smallest absolute Gasteiger partial charge is 0.243 e. The maximum absolute atomic E-state index is 12.7. The van der Waals surface area contributed by atoms with Gasteiger partial charge in [-0.05, 0) is 37.1 Å². The molecule has 118 valence electrons. The number of anilines is 1. The molecule has 0 spiro atoms. The summed E-state index contributed by atoms with van der Waals surface area (Å²) in [6.07, 6.45) is 0. The molecule has 1 rings (SSSR count). The highest BCUT2D eigenvalue weighted by Gasteiger charge is 2.28. The number of rotatable bonds is 5. The molecule has 0 bridgehead atoms. The first-order valence-corrected chi connectivity index (χ1v) is 8.12. The van der Waals surface area contributed by atoms with Crippen LogP contribution in [0.1, 0.15) is 18.1 Å². The van der Waals surface area contributed by atoms with Gasteiger partial charge in [-0.25, -0.2) is 8.42 Å². The Kier molecular flexibility index (Phi) is 5.36. The first kappa shape index (κ1) is 17.5. The van der Waals surface area contributed by atoms with E-state index in [4.69, 9.17) is 5.73 Å². The lowest BCUT2D eigenvalue weighted by Gasteiger charge is -2.23. The molecular weight excluding hydrogens is 290 g/mol. The summed E-state index contributed by atoms with van der Waals surface area (Å²) in [5.41, 5.74) is 7.61. The summed E-state index contributed by atoms with van der Waals surface area (Å²) in [6.45, 7) is 5.29. The van der Waals surface area contributed by atoms with Crippen LogP contribution in [0, 0.1) is 13.8 Å². The predicted octanol–water partition coefficient (Wildman–Crippen LogP) is 0.984. The second-order valence-corrected chi connectivity index (χ2v) is 7.09. The molecule has 6 nitrogen and oxygen atoms in total. The minimum absolute atomic E-state index is 0.161. The number of sulfonamides is 1. The SMILES string of the molecule is CCN(CC(=O)N(C)C)S(=O)(=O)c1cc(N)cc(C)c1C. The second-order valence-electron chi connectivity index (χ2n) is 5.18. The Morgan fingerprint density at radius 3 is 2.29 bits per heavy atom. The molecule has 2 N–H and O–H groups in total. The molecule has 0 radical (unpaired) electrons. The topological polar surface area (TPSA) is 83.7 Å². The van der Waals surface area contributed by atoms with Crippen LogP contribution >= 0.6 is 0 Å². The van der Waals surface area contributed by atoms with Gasteiger partial charge in [-0.15, -0.1) is 0 Å². The van der Waals surface area contributed by atoms with Gasteiger partial charge in [0.2, 0.25) is 15.9 Å². The number of hydrogen-bond acceptors (Lipinski definition) is 4. The van der Waals surface area contributed by atoms with E-state index in [0.29, 0.717) is 11.3 Å². The number of carbonyl (C=O) groups excluding carboxylic acids is 1. The van der Waals surface area contributed by atoms with Crippen LogP contribution in [-0.4, -0.2) is 50.7 Å². The van der Waals surface area contributed by atoms with Crippen molar-refractivity contribution in [3.8, 4) is 0 Å². The van der Waals surface area contributed by atoms with Crippen molar-refractivity contribution in [2.75, 3.05) is 32.9 Å². The van der Waals surface area contributed by atoms with Gasteiger partial charge in [-0.2, -0.15) is 4.31 Å². The highest BCUT2D eigenvalue weighted by Crippen LogP contribution is 2.25. The fourth-order valence-corrected chi connectivity index (χ4v) is 3.65. The molecule has 7 heteroatoms. The van der Waals surface area contributed by atoms with Gasteiger partial charge in [0.05, 0.1) is 11.4 Å². The maximum Gasteiger partial charge on any atom is 0.243 e. The van der Waals surface area contributed by atoms with Gasteiger partial charge in [-0.3, -0.25) is 4.79 Å². The molecule has 0 saturated heterocycles. The predicted molar refractivity (Wildman–Crippen MR) is 83.5 cm³/mol. The van der Waals surface area contributed by atoms with Gasteiger partial charge in [0.25, 0.3) is 0 Å². The van der Waals surface area contributed by atoms with Crippen molar-refractivity contribution in [3.05, 3.63) is 23.3 Å². The summed E-state index contributed by atoms with van der Waals surface area (Å²) in [6, 6.07) is 3.18. The third-order valence-electron chi connectivity index (χ3n) is 3.42. The fraction of sp³-hybridized carbons (Fsp3) is 0.500. The van der Waals surface area contributed by atoms with Crippen LogP contribution in [0.4, 0.5) is 5.69 Å². The molecule has 1 aromatic carbocycles. The third-order valence-corrected chi connectivity index (χ3v) is 5.47. The number of benzene rings is 1. The molecule has 0 aromatic heterocycles. The van der Waals surface area contributed by atoms with E-state index < -0.39 is 10.0 Å². The normalized spacial score (nSPS) is 11.7. The molecule has 0 saturated carbocycles. The Morgan fingerprint density at radius 1 is 1.24 bits per heavy atom. The molecule has 0 fully saturated rings. The van der Waals surface area contributed by atoms with Crippen LogP contribution in [0.25, 0.3) is 0 Å². The van der Waals surface area contributed by atoms with Crippen molar-refractivity contribution in [3.63, 3.8) is 0 Å². The largest absolute Gasteiger partial charge is 0.399 e. The number of hydrogen-bond donors (Lipinski definition) is 1. The van der Waals surface area contributed by atoms with E-state index >= 15 is 0 Å². The average molecular weight is 313 g/mol. The van der Waals surface area contributed by atoms with Crippen LogP contribution in [0.5, 0.6) is 0 Å². The number of aryl methyl sites for hydroxylation is 1. The number of amides is 1. The zero-order valence-electron chi connectivity index (χ0n) is 13.2. The second kappa shape index (κ2) is 6.44. The average Bonchev–Trinajstić information content (AvgIpc) is 2.39. The highest BCUT2D eigenvalue weighted by molar-refractivity contribution is 7.89. The van der Waals surface area contributed by atoms with Crippen molar-refractivity contribution in [1.29, 1.82) is 0 Å².